The van der Waals surface area contributed by atoms with Crippen LogP contribution in [0.25, 0.3) is 11.1 Å². The number of para-hydroxylation sites is 2. The third kappa shape index (κ3) is 3.48. The van der Waals surface area contributed by atoms with Gasteiger partial charge in [0.25, 0.3) is 6.01 Å². The fraction of sp³-hybridized carbons (Fsp3) is 0.333. The fourth-order valence-electron chi connectivity index (χ4n) is 3.78. The molecule has 0 aliphatic carbocycles. The van der Waals surface area contributed by atoms with Gasteiger partial charge in [0.2, 0.25) is 0 Å². The van der Waals surface area contributed by atoms with Crippen molar-refractivity contribution in [1.82, 2.24) is 4.98 Å². The molecule has 3 aromatic rings. The highest BCUT2D eigenvalue weighted by Gasteiger charge is 2.36. The summed E-state index contributed by atoms with van der Waals surface area (Å²) in [5.41, 5.74) is 0.650. The molecule has 29 heavy (non-hydrogen) atoms. The molecule has 0 radical (unpaired) electrons. The molecule has 0 bridgehead atoms. The van der Waals surface area contributed by atoms with Crippen molar-refractivity contribution in [3.05, 3.63) is 53.6 Å². The predicted molar refractivity (Wildman–Crippen MR) is 104 cm³/mol. The summed E-state index contributed by atoms with van der Waals surface area (Å²) < 4.78 is 45.9. The second-order valence-electron chi connectivity index (χ2n) is 7.31. The maximum absolute atomic E-state index is 13.3. The lowest BCUT2D eigenvalue weighted by Crippen LogP contribution is -2.57. The van der Waals surface area contributed by atoms with Gasteiger partial charge in [0.1, 0.15) is 5.52 Å². The van der Waals surface area contributed by atoms with Gasteiger partial charge in [-0.2, -0.15) is 23.4 Å². The van der Waals surface area contributed by atoms with E-state index in [-0.39, 0.29) is 17.6 Å². The van der Waals surface area contributed by atoms with E-state index in [1.54, 1.807) is 12.1 Å². The Morgan fingerprint density at radius 1 is 1.07 bits per heavy atom. The quantitative estimate of drug-likeness (QED) is 0.617. The maximum Gasteiger partial charge on any atom is 0.417 e. The molecule has 4 rings (SSSR count). The molecule has 2 atom stereocenters. The van der Waals surface area contributed by atoms with Gasteiger partial charge in [-0.25, -0.2) is 0 Å². The van der Waals surface area contributed by atoms with Gasteiger partial charge < -0.3 is 14.2 Å². The summed E-state index contributed by atoms with van der Waals surface area (Å²) in [7, 11) is 0. The van der Waals surface area contributed by atoms with Crippen LogP contribution in [-0.4, -0.2) is 30.2 Å². The highest BCUT2D eigenvalue weighted by molar-refractivity contribution is 5.74. The lowest BCUT2D eigenvalue weighted by Gasteiger charge is -2.44. The minimum Gasteiger partial charge on any atom is -0.423 e. The van der Waals surface area contributed by atoms with Gasteiger partial charge >= 0.3 is 6.18 Å². The van der Waals surface area contributed by atoms with Gasteiger partial charge in [-0.3, -0.25) is 0 Å². The summed E-state index contributed by atoms with van der Waals surface area (Å²) >= 11 is 0. The normalized spacial score (nSPS) is 20.1. The third-order valence-corrected chi connectivity index (χ3v) is 5.27. The summed E-state index contributed by atoms with van der Waals surface area (Å²) in [6.07, 6.45) is -4.57. The first-order valence-electron chi connectivity index (χ1n) is 9.28. The van der Waals surface area contributed by atoms with Crippen LogP contribution in [0.5, 0.6) is 0 Å². The molecule has 1 aromatic heterocycles. The number of oxazole rings is 1. The van der Waals surface area contributed by atoms with E-state index in [2.05, 4.69) is 4.98 Å². The number of piperazine rings is 1. The molecule has 1 fully saturated rings. The van der Waals surface area contributed by atoms with E-state index in [1.807, 2.05) is 47.9 Å². The number of hydrogen-bond donors (Lipinski definition) is 0. The Labute approximate surface area is 166 Å². The number of benzene rings is 2. The van der Waals surface area contributed by atoms with E-state index >= 15 is 0 Å². The number of hydrogen-bond acceptors (Lipinski definition) is 5. The number of rotatable bonds is 2. The minimum atomic E-state index is -4.57. The third-order valence-electron chi connectivity index (χ3n) is 5.27. The Morgan fingerprint density at radius 3 is 2.45 bits per heavy atom. The van der Waals surface area contributed by atoms with Gasteiger partial charge in [0.05, 0.1) is 17.2 Å². The van der Waals surface area contributed by atoms with Crippen molar-refractivity contribution in [3.63, 3.8) is 0 Å². The molecular formula is C21H19F3N4O. The van der Waals surface area contributed by atoms with Crippen LogP contribution in [-0.2, 0) is 6.18 Å². The minimum absolute atomic E-state index is 0.0238. The van der Waals surface area contributed by atoms with Crippen LogP contribution in [0.1, 0.15) is 25.0 Å². The van der Waals surface area contributed by atoms with Crippen molar-refractivity contribution in [3.8, 4) is 6.07 Å². The van der Waals surface area contributed by atoms with E-state index in [9.17, 15) is 13.2 Å². The zero-order valence-electron chi connectivity index (χ0n) is 15.9. The number of halogens is 3. The van der Waals surface area contributed by atoms with Crippen LogP contribution >= 0.6 is 0 Å². The molecule has 0 unspecified atom stereocenters. The Hall–Kier alpha value is -3.21. The van der Waals surface area contributed by atoms with Crippen molar-refractivity contribution >= 4 is 22.8 Å². The smallest absolute Gasteiger partial charge is 0.417 e. The number of aromatic nitrogens is 1. The van der Waals surface area contributed by atoms with E-state index in [4.69, 9.17) is 9.68 Å². The number of anilines is 2. The molecule has 5 nitrogen and oxygen atoms in total. The molecule has 1 saturated heterocycles. The molecule has 150 valence electrons. The van der Waals surface area contributed by atoms with Crippen LogP contribution in [0.15, 0.2) is 46.9 Å². The monoisotopic (exact) mass is 400 g/mol. The molecular weight excluding hydrogens is 381 g/mol. The molecule has 2 heterocycles. The first-order chi connectivity index (χ1) is 13.8. The Kier molecular flexibility index (Phi) is 4.61. The van der Waals surface area contributed by atoms with Crippen molar-refractivity contribution < 1.29 is 17.6 Å². The van der Waals surface area contributed by atoms with Gasteiger partial charge in [0.15, 0.2) is 5.58 Å². The zero-order valence-corrected chi connectivity index (χ0v) is 15.9. The highest BCUT2D eigenvalue weighted by atomic mass is 19.4. The second kappa shape index (κ2) is 6.99. The van der Waals surface area contributed by atoms with Crippen molar-refractivity contribution in [1.29, 1.82) is 5.26 Å². The Morgan fingerprint density at radius 2 is 1.76 bits per heavy atom. The Balaban J connectivity index is 1.62. The largest absolute Gasteiger partial charge is 0.423 e. The molecule has 0 amide bonds. The van der Waals surface area contributed by atoms with Crippen LogP contribution in [0, 0.1) is 11.3 Å². The maximum atomic E-state index is 13.3. The van der Waals surface area contributed by atoms with Gasteiger partial charge in [-0.15, -0.1) is 0 Å². The van der Waals surface area contributed by atoms with Crippen LogP contribution in [0.4, 0.5) is 24.9 Å². The first kappa shape index (κ1) is 19.1. The topological polar surface area (TPSA) is 56.3 Å². The molecule has 8 heteroatoms. The van der Waals surface area contributed by atoms with E-state index in [0.717, 1.165) is 11.6 Å². The molecule has 1 aliphatic rings. The average molecular weight is 400 g/mol. The van der Waals surface area contributed by atoms with Crippen molar-refractivity contribution in [2.24, 2.45) is 0 Å². The van der Waals surface area contributed by atoms with Crippen LogP contribution in [0.2, 0.25) is 0 Å². The van der Waals surface area contributed by atoms with E-state index < -0.39 is 11.7 Å². The van der Waals surface area contributed by atoms with Crippen molar-refractivity contribution in [2.45, 2.75) is 32.1 Å². The van der Waals surface area contributed by atoms with Gasteiger partial charge in [-0.05, 0) is 44.2 Å². The highest BCUT2D eigenvalue weighted by Crippen LogP contribution is 2.36. The first-order valence-corrected chi connectivity index (χ1v) is 9.28. The summed E-state index contributed by atoms with van der Waals surface area (Å²) in [6, 6.07) is 13.4. The van der Waals surface area contributed by atoms with Gasteiger partial charge in [0, 0.05) is 30.9 Å². The van der Waals surface area contributed by atoms with Gasteiger partial charge in [-0.1, -0.05) is 12.1 Å². The number of nitrogens with zero attached hydrogens (tertiary/aromatic N) is 4. The Bertz CT molecular complexity index is 1050. The van der Waals surface area contributed by atoms with Crippen molar-refractivity contribution in [2.75, 3.05) is 22.9 Å². The molecule has 0 saturated carbocycles. The summed E-state index contributed by atoms with van der Waals surface area (Å²) in [6.45, 7) is 4.99. The van der Waals surface area contributed by atoms with E-state index in [0.29, 0.717) is 30.4 Å². The van der Waals surface area contributed by atoms with Crippen LogP contribution in [0.3, 0.4) is 0 Å². The number of nitriles is 1. The number of fused-ring (bicyclic) bond motifs is 1. The SMILES string of the molecule is C[C@@H]1CN(c2ccc(C#N)c(C(F)(F)F)c2)[C@@H](C)CN1c1nc2ccccc2o1. The van der Waals surface area contributed by atoms with E-state index in [1.165, 1.54) is 6.07 Å². The molecule has 1 aliphatic heterocycles. The number of alkyl halides is 3. The fourth-order valence-corrected chi connectivity index (χ4v) is 3.78. The lowest BCUT2D eigenvalue weighted by molar-refractivity contribution is -0.137. The molecule has 0 N–H and O–H groups in total. The molecule has 0 spiro atoms. The summed E-state index contributed by atoms with van der Waals surface area (Å²) in [5, 5.41) is 9.01. The lowest BCUT2D eigenvalue weighted by atomic mass is 10.0. The average Bonchev–Trinajstić information content (AvgIpc) is 3.12. The zero-order chi connectivity index (χ0) is 20.8. The second-order valence-corrected chi connectivity index (χ2v) is 7.31. The molecule has 2 aromatic carbocycles. The summed E-state index contributed by atoms with van der Waals surface area (Å²) in [5.74, 6) is 0. The standard InChI is InChI=1S/C21H19F3N4O/c1-13-12-28(20-26-18-5-3-4-6-19(18)29-20)14(2)11-27(13)16-8-7-15(10-25)17(9-16)21(22,23)24/h3-9,13-14H,11-12H2,1-2H3/t13-,14+/m0/s1. The summed E-state index contributed by atoms with van der Waals surface area (Å²) in [4.78, 5) is 8.51. The van der Waals surface area contributed by atoms with Crippen LogP contribution < -0.4 is 9.80 Å². The predicted octanol–water partition coefficient (Wildman–Crippen LogP) is 4.82.